The Kier molecular flexibility index (Phi) is 2.33. The van der Waals surface area contributed by atoms with Crippen molar-refractivity contribution >= 4 is 11.9 Å². The van der Waals surface area contributed by atoms with Crippen molar-refractivity contribution in [2.45, 2.75) is 32.8 Å². The van der Waals surface area contributed by atoms with Gasteiger partial charge in [-0.05, 0) is 26.8 Å². The number of ketones is 1. The van der Waals surface area contributed by atoms with Crippen molar-refractivity contribution in [1.29, 1.82) is 0 Å². The second kappa shape index (κ2) is 3.34. The van der Waals surface area contributed by atoms with Crippen LogP contribution in [-0.4, -0.2) is 35.5 Å². The fourth-order valence-corrected chi connectivity index (χ4v) is 2.12. The number of carbonyl (C=O) groups excluding carboxylic acids is 2. The Bertz CT molecular complexity index is 359. The average molecular weight is 223 g/mol. The smallest absolute Gasteiger partial charge is 0.410 e. The van der Waals surface area contributed by atoms with Crippen LogP contribution in [0.1, 0.15) is 27.2 Å². The largest absolute Gasteiger partial charge is 0.444 e. The summed E-state index contributed by atoms with van der Waals surface area (Å²) in [6.45, 7) is 6.74. The lowest BCUT2D eigenvalue weighted by Crippen LogP contribution is -2.58. The van der Waals surface area contributed by atoms with Crippen molar-refractivity contribution in [3.63, 3.8) is 0 Å². The van der Waals surface area contributed by atoms with E-state index in [1.807, 2.05) is 26.8 Å². The summed E-state index contributed by atoms with van der Waals surface area (Å²) >= 11 is 0. The third-order valence-electron chi connectivity index (χ3n) is 2.81. The Morgan fingerprint density at radius 1 is 1.44 bits per heavy atom. The number of hydrogen-bond acceptors (Lipinski definition) is 3. The Morgan fingerprint density at radius 2 is 2.06 bits per heavy atom. The van der Waals surface area contributed by atoms with E-state index in [0.29, 0.717) is 19.5 Å². The second-order valence-electron chi connectivity index (χ2n) is 5.68. The molecular formula is C12H17NO3. The first-order chi connectivity index (χ1) is 7.30. The van der Waals surface area contributed by atoms with Crippen molar-refractivity contribution in [3.8, 4) is 0 Å². The Morgan fingerprint density at radius 3 is 2.50 bits per heavy atom. The normalized spacial score (nSPS) is 22.4. The molecule has 2 rings (SSSR count). The van der Waals surface area contributed by atoms with E-state index in [1.54, 1.807) is 11.0 Å². The molecule has 1 aliphatic heterocycles. The van der Waals surface area contributed by atoms with Crippen LogP contribution in [0.5, 0.6) is 0 Å². The predicted molar refractivity (Wildman–Crippen MR) is 59.0 cm³/mol. The molecule has 0 saturated carbocycles. The van der Waals surface area contributed by atoms with Gasteiger partial charge in [-0.25, -0.2) is 4.79 Å². The highest BCUT2D eigenvalue weighted by atomic mass is 16.6. The molecule has 1 saturated heterocycles. The average Bonchev–Trinajstić information content (AvgIpc) is 2.41. The Balaban J connectivity index is 1.87. The minimum absolute atomic E-state index is 0.0893. The van der Waals surface area contributed by atoms with E-state index < -0.39 is 5.60 Å². The van der Waals surface area contributed by atoms with E-state index in [4.69, 9.17) is 4.74 Å². The molecular weight excluding hydrogens is 206 g/mol. The molecule has 16 heavy (non-hydrogen) atoms. The fourth-order valence-electron chi connectivity index (χ4n) is 2.12. The lowest BCUT2D eigenvalue weighted by atomic mass is 9.80. The molecule has 1 amide bonds. The van der Waals surface area contributed by atoms with Gasteiger partial charge in [-0.15, -0.1) is 0 Å². The zero-order valence-corrected chi connectivity index (χ0v) is 9.95. The van der Waals surface area contributed by atoms with E-state index in [9.17, 15) is 9.59 Å². The first-order valence-corrected chi connectivity index (χ1v) is 5.50. The van der Waals surface area contributed by atoms with E-state index >= 15 is 0 Å². The van der Waals surface area contributed by atoms with Crippen molar-refractivity contribution in [2.75, 3.05) is 13.1 Å². The quantitative estimate of drug-likeness (QED) is 0.628. The summed E-state index contributed by atoms with van der Waals surface area (Å²) in [5, 5.41) is 0. The summed E-state index contributed by atoms with van der Waals surface area (Å²) in [5.74, 6) is 0.156. The van der Waals surface area contributed by atoms with Gasteiger partial charge in [0, 0.05) is 24.9 Å². The molecule has 1 fully saturated rings. The minimum Gasteiger partial charge on any atom is -0.444 e. The summed E-state index contributed by atoms with van der Waals surface area (Å²) in [4.78, 5) is 24.4. The molecule has 0 aromatic rings. The maximum atomic E-state index is 11.7. The molecule has 4 heteroatoms. The number of hydrogen-bond donors (Lipinski definition) is 0. The molecule has 0 aromatic carbocycles. The van der Waals surface area contributed by atoms with E-state index in [2.05, 4.69) is 0 Å². The van der Waals surface area contributed by atoms with Crippen molar-refractivity contribution in [3.05, 3.63) is 12.2 Å². The first kappa shape index (κ1) is 11.2. The van der Waals surface area contributed by atoms with Crippen LogP contribution < -0.4 is 0 Å². The lowest BCUT2D eigenvalue weighted by Gasteiger charge is -2.46. The van der Waals surface area contributed by atoms with Gasteiger partial charge in [0.15, 0.2) is 5.78 Å². The van der Waals surface area contributed by atoms with Crippen LogP contribution in [0.4, 0.5) is 4.79 Å². The van der Waals surface area contributed by atoms with Gasteiger partial charge in [0.2, 0.25) is 0 Å². The maximum Gasteiger partial charge on any atom is 0.410 e. The third-order valence-corrected chi connectivity index (χ3v) is 2.81. The summed E-state index contributed by atoms with van der Waals surface area (Å²) in [5.41, 5.74) is -0.546. The Labute approximate surface area is 95.2 Å². The van der Waals surface area contributed by atoms with Crippen molar-refractivity contribution < 1.29 is 14.3 Å². The van der Waals surface area contributed by atoms with Gasteiger partial charge in [0.1, 0.15) is 5.60 Å². The van der Waals surface area contributed by atoms with Gasteiger partial charge >= 0.3 is 6.09 Å². The number of allylic oxidation sites excluding steroid dienone is 1. The number of rotatable bonds is 0. The van der Waals surface area contributed by atoms with Crippen LogP contribution in [0, 0.1) is 5.41 Å². The molecule has 1 aliphatic carbocycles. The third kappa shape index (κ3) is 2.10. The SMILES string of the molecule is CC(C)(C)OC(=O)N1CC2(C=CC(=O)C2)C1. The van der Waals surface area contributed by atoms with E-state index in [0.717, 1.165) is 0 Å². The second-order valence-corrected chi connectivity index (χ2v) is 5.68. The number of nitrogens with zero attached hydrogens (tertiary/aromatic N) is 1. The Hall–Kier alpha value is -1.32. The monoisotopic (exact) mass is 223 g/mol. The summed E-state index contributed by atoms with van der Waals surface area (Å²) in [7, 11) is 0. The van der Waals surface area contributed by atoms with Crippen LogP contribution in [0.15, 0.2) is 12.2 Å². The van der Waals surface area contributed by atoms with Crippen molar-refractivity contribution in [2.24, 2.45) is 5.41 Å². The summed E-state index contributed by atoms with van der Waals surface area (Å²) in [6.07, 6.45) is 3.79. The van der Waals surface area contributed by atoms with E-state index in [-0.39, 0.29) is 17.3 Å². The van der Waals surface area contributed by atoms with Crippen LogP contribution in [-0.2, 0) is 9.53 Å². The minimum atomic E-state index is -0.457. The topological polar surface area (TPSA) is 46.6 Å². The van der Waals surface area contributed by atoms with Gasteiger partial charge in [0.05, 0.1) is 0 Å². The molecule has 0 atom stereocenters. The van der Waals surface area contributed by atoms with Crippen molar-refractivity contribution in [1.82, 2.24) is 4.90 Å². The van der Waals surface area contributed by atoms with Gasteiger partial charge in [-0.2, -0.15) is 0 Å². The molecule has 0 aromatic heterocycles. The standard InChI is InChI=1S/C12H17NO3/c1-11(2,3)16-10(15)13-7-12(8-13)5-4-9(14)6-12/h4-5H,6-8H2,1-3H3. The molecule has 4 nitrogen and oxygen atoms in total. The summed E-state index contributed by atoms with van der Waals surface area (Å²) < 4.78 is 5.25. The molecule has 0 N–H and O–H groups in total. The van der Waals surface area contributed by atoms with Gasteiger partial charge < -0.3 is 9.64 Å². The van der Waals surface area contributed by atoms with Gasteiger partial charge in [0.25, 0.3) is 0 Å². The fraction of sp³-hybridized carbons (Fsp3) is 0.667. The van der Waals surface area contributed by atoms with Crippen LogP contribution in [0.2, 0.25) is 0 Å². The molecule has 2 aliphatic rings. The number of likely N-dealkylation sites (tertiary alicyclic amines) is 1. The van der Waals surface area contributed by atoms with Gasteiger partial charge in [-0.1, -0.05) is 6.08 Å². The molecule has 1 heterocycles. The van der Waals surface area contributed by atoms with Crippen LogP contribution in [0.25, 0.3) is 0 Å². The highest BCUT2D eigenvalue weighted by molar-refractivity contribution is 5.93. The van der Waals surface area contributed by atoms with Crippen LogP contribution in [0.3, 0.4) is 0 Å². The van der Waals surface area contributed by atoms with Gasteiger partial charge in [-0.3, -0.25) is 4.79 Å². The molecule has 88 valence electrons. The predicted octanol–water partition coefficient (Wildman–Crippen LogP) is 1.75. The lowest BCUT2D eigenvalue weighted by molar-refractivity contribution is -0.117. The molecule has 1 spiro atoms. The molecule has 0 bridgehead atoms. The molecule has 0 unspecified atom stereocenters. The first-order valence-electron chi connectivity index (χ1n) is 5.50. The molecule has 0 radical (unpaired) electrons. The maximum absolute atomic E-state index is 11.7. The number of ether oxygens (including phenoxy) is 1. The summed E-state index contributed by atoms with van der Waals surface area (Å²) in [6, 6.07) is 0. The zero-order valence-electron chi connectivity index (χ0n) is 9.95. The van der Waals surface area contributed by atoms with Crippen LogP contribution >= 0.6 is 0 Å². The number of amides is 1. The zero-order chi connectivity index (χ0) is 12.0. The van der Waals surface area contributed by atoms with E-state index in [1.165, 1.54) is 0 Å². The highest BCUT2D eigenvalue weighted by Crippen LogP contribution is 2.39. The number of carbonyl (C=O) groups is 2. The highest BCUT2D eigenvalue weighted by Gasteiger charge is 2.47.